The van der Waals surface area contributed by atoms with E-state index in [1.165, 1.54) is 25.4 Å². The highest BCUT2D eigenvalue weighted by molar-refractivity contribution is 7.80. The van der Waals surface area contributed by atoms with Gasteiger partial charge in [0.15, 0.2) is 10.9 Å². The molecule has 0 aliphatic rings. The molecule has 0 fully saturated rings. The quantitative estimate of drug-likeness (QED) is 0.506. The van der Waals surface area contributed by atoms with Gasteiger partial charge in [-0.2, -0.15) is 0 Å². The van der Waals surface area contributed by atoms with Crippen molar-refractivity contribution in [2.24, 2.45) is 0 Å². The largest absolute Gasteiger partial charge is 0.465 e. The van der Waals surface area contributed by atoms with Crippen LogP contribution in [0.1, 0.15) is 27.0 Å². The number of Topliss-reactive ketones (excluding diaryl/α,β-unsaturated/α-hetero) is 1. The minimum atomic E-state index is -0.418. The van der Waals surface area contributed by atoms with Crippen molar-refractivity contribution in [1.82, 2.24) is 0 Å². The van der Waals surface area contributed by atoms with Crippen LogP contribution >= 0.6 is 23.6 Å². The molecule has 0 unspecified atom stereocenters. The Morgan fingerprint density at radius 3 is 2.68 bits per heavy atom. The Morgan fingerprint density at radius 2 is 2.00 bits per heavy atom. The van der Waals surface area contributed by atoms with Crippen LogP contribution in [0, 0.1) is 0 Å². The van der Waals surface area contributed by atoms with Crippen molar-refractivity contribution in [2.75, 3.05) is 17.7 Å². The zero-order valence-corrected chi connectivity index (χ0v) is 13.6. The molecule has 2 N–H and O–H groups in total. The molecule has 5 nitrogen and oxygen atoms in total. The van der Waals surface area contributed by atoms with Gasteiger partial charge in [0, 0.05) is 11.3 Å². The zero-order chi connectivity index (χ0) is 16.1. The zero-order valence-electron chi connectivity index (χ0n) is 12.0. The maximum absolute atomic E-state index is 11.6. The van der Waals surface area contributed by atoms with Crippen LogP contribution in [-0.4, -0.2) is 24.0 Å². The van der Waals surface area contributed by atoms with Gasteiger partial charge in [-0.1, -0.05) is 12.1 Å². The molecule has 0 aliphatic heterocycles. The molecule has 2 aromatic rings. The summed E-state index contributed by atoms with van der Waals surface area (Å²) >= 11 is 6.49. The van der Waals surface area contributed by atoms with Gasteiger partial charge in [0.2, 0.25) is 0 Å². The summed E-state index contributed by atoms with van der Waals surface area (Å²) in [6.45, 7) is 1.50. The first-order valence-electron chi connectivity index (χ1n) is 6.36. The third-order valence-electron chi connectivity index (χ3n) is 2.81. The number of thiophene rings is 1. The normalized spacial score (nSPS) is 9.91. The van der Waals surface area contributed by atoms with Crippen LogP contribution in [0.4, 0.5) is 11.4 Å². The second kappa shape index (κ2) is 7.15. The summed E-state index contributed by atoms with van der Waals surface area (Å²) in [6, 6.07) is 8.77. The molecule has 22 heavy (non-hydrogen) atoms. The number of hydrogen-bond acceptors (Lipinski definition) is 5. The number of carbonyl (C=O) groups is 2. The van der Waals surface area contributed by atoms with Crippen molar-refractivity contribution in [3.8, 4) is 0 Å². The SMILES string of the molecule is COC(=O)c1sccc1NC(=S)Nc1cccc(C(C)=O)c1. The molecule has 0 aliphatic carbocycles. The topological polar surface area (TPSA) is 67.4 Å². The summed E-state index contributed by atoms with van der Waals surface area (Å²) in [4.78, 5) is 23.4. The van der Waals surface area contributed by atoms with Crippen LogP contribution in [-0.2, 0) is 4.74 Å². The van der Waals surface area contributed by atoms with E-state index in [0.29, 0.717) is 26.9 Å². The van der Waals surface area contributed by atoms with Crippen molar-refractivity contribution in [3.63, 3.8) is 0 Å². The highest BCUT2D eigenvalue weighted by Gasteiger charge is 2.14. The standard InChI is InChI=1S/C15H14N2O3S2/c1-9(18)10-4-3-5-11(8-10)16-15(21)17-12-6-7-22-13(12)14(19)20-2/h3-8H,1-2H3,(H2,16,17,21). The summed E-state index contributed by atoms with van der Waals surface area (Å²) in [6.07, 6.45) is 0. The van der Waals surface area contributed by atoms with Crippen LogP contribution in [0.15, 0.2) is 35.7 Å². The van der Waals surface area contributed by atoms with E-state index >= 15 is 0 Å². The first-order valence-corrected chi connectivity index (χ1v) is 7.65. The van der Waals surface area contributed by atoms with E-state index < -0.39 is 5.97 Å². The lowest BCUT2D eigenvalue weighted by molar-refractivity contribution is 0.0607. The summed E-state index contributed by atoms with van der Waals surface area (Å²) in [7, 11) is 1.33. The third-order valence-corrected chi connectivity index (χ3v) is 3.91. The van der Waals surface area contributed by atoms with Crippen LogP contribution in [0.5, 0.6) is 0 Å². The summed E-state index contributed by atoms with van der Waals surface area (Å²) in [5.41, 5.74) is 1.87. The lowest BCUT2D eigenvalue weighted by Crippen LogP contribution is -2.20. The van der Waals surface area contributed by atoms with Crippen molar-refractivity contribution >= 4 is 51.8 Å². The van der Waals surface area contributed by atoms with Crippen molar-refractivity contribution in [1.29, 1.82) is 0 Å². The molecule has 2 rings (SSSR count). The van der Waals surface area contributed by atoms with Gasteiger partial charge in [0.05, 0.1) is 12.8 Å². The molecule has 0 saturated carbocycles. The van der Waals surface area contributed by atoms with Gasteiger partial charge in [-0.25, -0.2) is 4.79 Å². The minimum absolute atomic E-state index is 0.0201. The third kappa shape index (κ3) is 3.90. The van der Waals surface area contributed by atoms with E-state index in [4.69, 9.17) is 17.0 Å². The molecule has 7 heteroatoms. The lowest BCUT2D eigenvalue weighted by Gasteiger charge is -2.11. The van der Waals surface area contributed by atoms with E-state index in [1.54, 1.807) is 35.7 Å². The van der Waals surface area contributed by atoms with Gasteiger partial charge in [0.1, 0.15) is 4.88 Å². The van der Waals surface area contributed by atoms with Crippen LogP contribution in [0.3, 0.4) is 0 Å². The van der Waals surface area contributed by atoms with Gasteiger partial charge in [-0.15, -0.1) is 11.3 Å². The number of benzene rings is 1. The molecule has 1 aromatic heterocycles. The van der Waals surface area contributed by atoms with Gasteiger partial charge in [-0.3, -0.25) is 4.79 Å². The molecule has 1 aromatic carbocycles. The second-order valence-corrected chi connectivity index (χ2v) is 5.70. The fourth-order valence-corrected chi connectivity index (χ4v) is 2.75. The molecule has 1 heterocycles. The molecule has 0 amide bonds. The van der Waals surface area contributed by atoms with Crippen molar-refractivity contribution in [2.45, 2.75) is 6.92 Å². The van der Waals surface area contributed by atoms with E-state index in [-0.39, 0.29) is 5.78 Å². The Morgan fingerprint density at radius 1 is 1.23 bits per heavy atom. The number of ether oxygens (including phenoxy) is 1. The lowest BCUT2D eigenvalue weighted by atomic mass is 10.1. The molecular formula is C15H14N2O3S2. The van der Waals surface area contributed by atoms with Gasteiger partial charge in [0.25, 0.3) is 0 Å². The first-order chi connectivity index (χ1) is 10.5. The number of carbonyl (C=O) groups excluding carboxylic acids is 2. The van der Waals surface area contributed by atoms with Crippen LogP contribution in [0.2, 0.25) is 0 Å². The van der Waals surface area contributed by atoms with Crippen LogP contribution in [0.25, 0.3) is 0 Å². The fourth-order valence-electron chi connectivity index (χ4n) is 1.76. The van der Waals surface area contributed by atoms with Crippen LogP contribution < -0.4 is 10.6 Å². The number of thiocarbonyl (C=S) groups is 1. The van der Waals surface area contributed by atoms with Crippen molar-refractivity contribution < 1.29 is 14.3 Å². The number of rotatable bonds is 4. The summed E-state index contributed by atoms with van der Waals surface area (Å²) < 4.78 is 4.71. The average Bonchev–Trinajstić information content (AvgIpc) is 2.94. The molecule has 0 bridgehead atoms. The maximum Gasteiger partial charge on any atom is 0.350 e. The van der Waals surface area contributed by atoms with Crippen molar-refractivity contribution in [3.05, 3.63) is 46.2 Å². The van der Waals surface area contributed by atoms with E-state index in [9.17, 15) is 9.59 Å². The average molecular weight is 334 g/mol. The maximum atomic E-state index is 11.6. The Hall–Kier alpha value is -2.25. The highest BCUT2D eigenvalue weighted by Crippen LogP contribution is 2.23. The fraction of sp³-hybridized carbons (Fsp3) is 0.133. The summed E-state index contributed by atoms with van der Waals surface area (Å²) in [5.74, 6) is -0.438. The highest BCUT2D eigenvalue weighted by atomic mass is 32.1. The number of hydrogen-bond donors (Lipinski definition) is 2. The summed E-state index contributed by atoms with van der Waals surface area (Å²) in [5, 5.41) is 8.02. The number of esters is 1. The van der Waals surface area contributed by atoms with E-state index in [0.717, 1.165) is 0 Å². The van der Waals surface area contributed by atoms with E-state index in [2.05, 4.69) is 10.6 Å². The number of nitrogens with one attached hydrogen (secondary N) is 2. The predicted molar refractivity (Wildman–Crippen MR) is 91.9 cm³/mol. The Kier molecular flexibility index (Phi) is 5.24. The Bertz CT molecular complexity index is 725. The van der Waals surface area contributed by atoms with Gasteiger partial charge >= 0.3 is 5.97 Å². The molecule has 0 atom stereocenters. The molecule has 0 radical (unpaired) electrons. The van der Waals surface area contributed by atoms with Gasteiger partial charge < -0.3 is 15.4 Å². The van der Waals surface area contributed by atoms with Gasteiger partial charge in [-0.05, 0) is 42.7 Å². The van der Waals surface area contributed by atoms with E-state index in [1.807, 2.05) is 0 Å². The predicted octanol–water partition coefficient (Wildman–Crippen LogP) is 3.55. The minimum Gasteiger partial charge on any atom is -0.465 e. The Balaban J connectivity index is 2.08. The first kappa shape index (κ1) is 16.1. The smallest absolute Gasteiger partial charge is 0.350 e. The molecule has 114 valence electrons. The second-order valence-electron chi connectivity index (χ2n) is 4.37. The number of methoxy groups -OCH3 is 1. The number of anilines is 2. The Labute approximate surface area is 137 Å². The molecular weight excluding hydrogens is 320 g/mol. The molecule has 0 spiro atoms. The molecule has 0 saturated heterocycles. The monoisotopic (exact) mass is 334 g/mol. The number of ketones is 1.